The molecule has 0 bridgehead atoms. The first-order chi connectivity index (χ1) is 7.25. The molecule has 1 aromatic rings. The molecule has 1 aromatic heterocycles. The number of anilines is 1. The van der Waals surface area contributed by atoms with Crippen LogP contribution in [0.1, 0.15) is 18.4 Å². The van der Waals surface area contributed by atoms with Crippen LogP contribution in [0.15, 0.2) is 18.3 Å². The molecule has 0 amide bonds. The lowest BCUT2D eigenvalue weighted by Gasteiger charge is -2.18. The van der Waals surface area contributed by atoms with Crippen LogP contribution in [0.2, 0.25) is 0 Å². The number of aliphatic hydroxyl groups excluding tert-OH is 1. The van der Waals surface area contributed by atoms with Gasteiger partial charge in [0.25, 0.3) is 0 Å². The van der Waals surface area contributed by atoms with Gasteiger partial charge in [0.05, 0.1) is 6.10 Å². The second-order valence-corrected chi connectivity index (χ2v) is 4.06. The Hall–Kier alpha value is -1.13. The predicted octanol–water partition coefficient (Wildman–Crippen LogP) is 0.319. The van der Waals surface area contributed by atoms with Gasteiger partial charge in [0.15, 0.2) is 0 Å². The molecule has 82 valence electrons. The number of nitrogen functional groups attached to an aromatic ring is 1. The number of nitrogens with zero attached hydrogens (tertiary/aromatic N) is 1. The first-order valence-electron chi connectivity index (χ1n) is 5.37. The average Bonchev–Trinajstić information content (AvgIpc) is 2.70. The summed E-state index contributed by atoms with van der Waals surface area (Å²) >= 11 is 0. The summed E-state index contributed by atoms with van der Waals surface area (Å²) in [4.78, 5) is 3.93. The van der Waals surface area contributed by atoms with Gasteiger partial charge in [0, 0.05) is 18.7 Å². The van der Waals surface area contributed by atoms with Crippen LogP contribution in [-0.4, -0.2) is 28.8 Å². The van der Waals surface area contributed by atoms with Crippen molar-refractivity contribution in [3.63, 3.8) is 0 Å². The van der Waals surface area contributed by atoms with Crippen molar-refractivity contribution in [2.75, 3.05) is 12.3 Å². The lowest BCUT2D eigenvalue weighted by Crippen LogP contribution is -2.36. The minimum absolute atomic E-state index is 0.236. The largest absolute Gasteiger partial charge is 0.391 e. The van der Waals surface area contributed by atoms with Crippen molar-refractivity contribution in [1.82, 2.24) is 10.3 Å². The third-order valence-corrected chi connectivity index (χ3v) is 2.85. The maximum atomic E-state index is 9.97. The molecule has 2 rings (SSSR count). The molecule has 4 nitrogen and oxygen atoms in total. The molecule has 1 saturated heterocycles. The third kappa shape index (κ3) is 2.67. The molecular formula is C11H17N3O. The summed E-state index contributed by atoms with van der Waals surface area (Å²) in [6.07, 6.45) is 4.21. The lowest BCUT2D eigenvalue weighted by molar-refractivity contribution is 0.136. The summed E-state index contributed by atoms with van der Waals surface area (Å²) in [6, 6.07) is 3.95. The number of hydrogen-bond donors (Lipinski definition) is 3. The van der Waals surface area contributed by atoms with E-state index in [0.29, 0.717) is 12.2 Å². The Morgan fingerprint density at radius 3 is 3.20 bits per heavy atom. The van der Waals surface area contributed by atoms with Gasteiger partial charge >= 0.3 is 0 Å². The fourth-order valence-electron chi connectivity index (χ4n) is 2.05. The van der Waals surface area contributed by atoms with Gasteiger partial charge in [-0.25, -0.2) is 4.98 Å². The highest BCUT2D eigenvalue weighted by Crippen LogP contribution is 2.14. The minimum atomic E-state index is -0.325. The Bertz CT molecular complexity index is 323. The van der Waals surface area contributed by atoms with E-state index < -0.39 is 0 Å². The Morgan fingerprint density at radius 2 is 2.53 bits per heavy atom. The standard InChI is InChI=1S/C11H17N3O/c12-11-7-8(3-5-14-11)6-10(15)9-2-1-4-13-9/h3,5,7,9-10,13,15H,1-2,4,6H2,(H2,12,14). The summed E-state index contributed by atoms with van der Waals surface area (Å²) in [6.45, 7) is 1.01. The Balaban J connectivity index is 1.95. The van der Waals surface area contributed by atoms with E-state index in [1.807, 2.05) is 12.1 Å². The average molecular weight is 207 g/mol. The number of aliphatic hydroxyl groups is 1. The second kappa shape index (κ2) is 4.59. The molecule has 2 unspecified atom stereocenters. The van der Waals surface area contributed by atoms with Crippen LogP contribution in [-0.2, 0) is 6.42 Å². The molecule has 15 heavy (non-hydrogen) atoms. The first-order valence-corrected chi connectivity index (χ1v) is 5.37. The molecule has 1 aliphatic rings. The molecule has 1 fully saturated rings. The number of rotatable bonds is 3. The molecule has 0 saturated carbocycles. The highest BCUT2D eigenvalue weighted by atomic mass is 16.3. The third-order valence-electron chi connectivity index (χ3n) is 2.85. The van der Waals surface area contributed by atoms with Crippen LogP contribution >= 0.6 is 0 Å². The van der Waals surface area contributed by atoms with Crippen LogP contribution < -0.4 is 11.1 Å². The van der Waals surface area contributed by atoms with Crippen LogP contribution in [0.3, 0.4) is 0 Å². The van der Waals surface area contributed by atoms with Crippen molar-refractivity contribution in [2.45, 2.75) is 31.4 Å². The van der Waals surface area contributed by atoms with E-state index >= 15 is 0 Å². The fourth-order valence-corrected chi connectivity index (χ4v) is 2.05. The first kappa shape index (κ1) is 10.4. The maximum absolute atomic E-state index is 9.97. The maximum Gasteiger partial charge on any atom is 0.123 e. The van der Waals surface area contributed by atoms with Crippen molar-refractivity contribution >= 4 is 5.82 Å². The van der Waals surface area contributed by atoms with Gasteiger partial charge in [-0.15, -0.1) is 0 Å². The van der Waals surface area contributed by atoms with E-state index in [1.165, 1.54) is 0 Å². The van der Waals surface area contributed by atoms with Crippen molar-refractivity contribution in [2.24, 2.45) is 0 Å². The zero-order valence-corrected chi connectivity index (χ0v) is 8.69. The molecule has 2 atom stereocenters. The zero-order chi connectivity index (χ0) is 10.7. The topological polar surface area (TPSA) is 71.2 Å². The van der Waals surface area contributed by atoms with Crippen LogP contribution in [0, 0.1) is 0 Å². The van der Waals surface area contributed by atoms with Crippen molar-refractivity contribution in [1.29, 1.82) is 0 Å². The Morgan fingerprint density at radius 1 is 1.67 bits per heavy atom. The number of aromatic nitrogens is 1. The van der Waals surface area contributed by atoms with Crippen molar-refractivity contribution < 1.29 is 5.11 Å². The van der Waals surface area contributed by atoms with Gasteiger partial charge in [-0.2, -0.15) is 0 Å². The van der Waals surface area contributed by atoms with Crippen LogP contribution in [0.4, 0.5) is 5.82 Å². The van der Waals surface area contributed by atoms with Gasteiger partial charge < -0.3 is 16.2 Å². The van der Waals surface area contributed by atoms with Gasteiger partial charge in [-0.3, -0.25) is 0 Å². The molecule has 4 N–H and O–H groups in total. The van der Waals surface area contributed by atoms with Crippen molar-refractivity contribution in [3.8, 4) is 0 Å². The monoisotopic (exact) mass is 207 g/mol. The van der Waals surface area contributed by atoms with E-state index in [0.717, 1.165) is 24.9 Å². The molecule has 0 spiro atoms. The SMILES string of the molecule is Nc1cc(CC(O)C2CCCN2)ccn1. The zero-order valence-electron chi connectivity index (χ0n) is 8.69. The van der Waals surface area contributed by atoms with E-state index in [1.54, 1.807) is 6.20 Å². The number of pyridine rings is 1. The molecule has 1 aliphatic heterocycles. The van der Waals surface area contributed by atoms with Crippen LogP contribution in [0.5, 0.6) is 0 Å². The van der Waals surface area contributed by atoms with Gasteiger partial charge in [-0.1, -0.05) is 0 Å². The summed E-state index contributed by atoms with van der Waals surface area (Å²) < 4.78 is 0. The van der Waals surface area contributed by atoms with E-state index in [4.69, 9.17) is 5.73 Å². The quantitative estimate of drug-likeness (QED) is 0.667. The summed E-state index contributed by atoms with van der Waals surface area (Å²) in [5.74, 6) is 0.513. The smallest absolute Gasteiger partial charge is 0.123 e. The summed E-state index contributed by atoms with van der Waals surface area (Å²) in [5, 5.41) is 13.3. The van der Waals surface area contributed by atoms with E-state index in [-0.39, 0.29) is 12.1 Å². The Kier molecular flexibility index (Phi) is 3.18. The summed E-state index contributed by atoms with van der Waals surface area (Å²) in [7, 11) is 0. The molecule has 0 radical (unpaired) electrons. The molecule has 4 heteroatoms. The molecular weight excluding hydrogens is 190 g/mol. The summed E-state index contributed by atoms with van der Waals surface area (Å²) in [5.41, 5.74) is 6.62. The lowest BCUT2D eigenvalue weighted by atomic mass is 10.0. The fraction of sp³-hybridized carbons (Fsp3) is 0.545. The normalized spacial score (nSPS) is 22.9. The number of nitrogens with one attached hydrogen (secondary N) is 1. The molecule has 2 heterocycles. The van der Waals surface area contributed by atoms with Gasteiger partial charge in [0.2, 0.25) is 0 Å². The second-order valence-electron chi connectivity index (χ2n) is 4.06. The molecule has 0 aromatic carbocycles. The van der Waals surface area contributed by atoms with Gasteiger partial charge in [0.1, 0.15) is 5.82 Å². The number of hydrogen-bond acceptors (Lipinski definition) is 4. The van der Waals surface area contributed by atoms with E-state index in [2.05, 4.69) is 10.3 Å². The minimum Gasteiger partial charge on any atom is -0.391 e. The highest BCUT2D eigenvalue weighted by molar-refractivity contribution is 5.32. The highest BCUT2D eigenvalue weighted by Gasteiger charge is 2.22. The van der Waals surface area contributed by atoms with Crippen LogP contribution in [0.25, 0.3) is 0 Å². The Labute approximate surface area is 89.5 Å². The molecule has 0 aliphatic carbocycles. The van der Waals surface area contributed by atoms with Crippen molar-refractivity contribution in [3.05, 3.63) is 23.9 Å². The predicted molar refractivity (Wildman–Crippen MR) is 59.4 cm³/mol. The van der Waals surface area contributed by atoms with E-state index in [9.17, 15) is 5.11 Å². The number of nitrogens with two attached hydrogens (primary N) is 1. The van der Waals surface area contributed by atoms with Gasteiger partial charge in [-0.05, 0) is 37.1 Å².